The third kappa shape index (κ3) is 6.37. The van der Waals surface area contributed by atoms with Gasteiger partial charge in [0.05, 0.1) is 12.0 Å². The number of furan rings is 1. The van der Waals surface area contributed by atoms with Gasteiger partial charge in [0.2, 0.25) is 5.76 Å². The van der Waals surface area contributed by atoms with Crippen LogP contribution in [0.25, 0.3) is 21.2 Å². The fourth-order valence-electron chi connectivity index (χ4n) is 4.51. The quantitative estimate of drug-likeness (QED) is 0.172. The molecule has 5 rings (SSSR count). The monoisotopic (exact) mass is 595 g/mol. The van der Waals surface area contributed by atoms with Crippen LogP contribution in [0.15, 0.2) is 94.2 Å². The Morgan fingerprint density at radius 2 is 1.66 bits per heavy atom. The van der Waals surface area contributed by atoms with Gasteiger partial charge < -0.3 is 9.52 Å². The van der Waals surface area contributed by atoms with Gasteiger partial charge in [-0.2, -0.15) is 13.2 Å². The first-order chi connectivity index (χ1) is 19.4. The van der Waals surface area contributed by atoms with E-state index in [2.05, 4.69) is 12.1 Å². The molecule has 0 amide bonds. The van der Waals surface area contributed by atoms with Crippen LogP contribution >= 0.6 is 23.3 Å². The van der Waals surface area contributed by atoms with Crippen molar-refractivity contribution in [1.29, 1.82) is 0 Å². The van der Waals surface area contributed by atoms with Crippen LogP contribution in [0.5, 0.6) is 0 Å². The van der Waals surface area contributed by atoms with Crippen LogP contribution < -0.4 is 0 Å². The summed E-state index contributed by atoms with van der Waals surface area (Å²) in [5.74, 6) is -1.67. The van der Waals surface area contributed by atoms with Gasteiger partial charge in [0, 0.05) is 26.4 Å². The minimum absolute atomic E-state index is 0.179. The molecule has 0 fully saturated rings. The summed E-state index contributed by atoms with van der Waals surface area (Å²) in [7, 11) is 0. The minimum atomic E-state index is -4.54. The van der Waals surface area contributed by atoms with Crippen molar-refractivity contribution >= 4 is 39.3 Å². The second-order valence-electron chi connectivity index (χ2n) is 10.3. The highest BCUT2D eigenvalue weighted by molar-refractivity contribution is 7.97. The number of carboxylic acid groups (broad SMARTS) is 1. The standard InChI is InChI=1S/C32H28F3NO3S2/c1-20-29(26-9-4-5-10-27(26)40-20)41-36(19-25-15-16-28(39-25)32(33,34)35)18-21-11-13-22(14-12-21)23-7-6-8-24(17-23)31(2,3)30(37)38/h4-17H,18-19H2,1-3H3,(H,37,38). The van der Waals surface area contributed by atoms with Crippen molar-refractivity contribution in [3.05, 3.63) is 112 Å². The molecule has 4 nitrogen and oxygen atoms in total. The van der Waals surface area contributed by atoms with Gasteiger partial charge in [-0.15, -0.1) is 11.3 Å². The first-order valence-corrected chi connectivity index (χ1v) is 14.5. The molecule has 0 atom stereocenters. The molecule has 0 radical (unpaired) electrons. The predicted molar refractivity (Wildman–Crippen MR) is 158 cm³/mol. The third-order valence-electron chi connectivity index (χ3n) is 6.97. The first kappa shape index (κ1) is 29.0. The second kappa shape index (κ2) is 11.4. The summed E-state index contributed by atoms with van der Waals surface area (Å²) in [4.78, 5) is 13.9. The van der Waals surface area contributed by atoms with Crippen LogP contribution in [0, 0.1) is 6.92 Å². The second-order valence-corrected chi connectivity index (χ2v) is 12.7. The largest absolute Gasteiger partial charge is 0.481 e. The number of nitrogens with zero attached hydrogens (tertiary/aromatic N) is 1. The molecule has 0 saturated carbocycles. The summed E-state index contributed by atoms with van der Waals surface area (Å²) in [5.41, 5.74) is 2.52. The average Bonchev–Trinajstić information content (AvgIpc) is 3.53. The minimum Gasteiger partial charge on any atom is -0.481 e. The number of rotatable bonds is 9. The molecule has 9 heteroatoms. The van der Waals surface area contributed by atoms with Gasteiger partial charge in [-0.3, -0.25) is 4.79 Å². The van der Waals surface area contributed by atoms with E-state index in [1.165, 1.54) is 18.0 Å². The number of hydrogen-bond acceptors (Lipinski definition) is 5. The van der Waals surface area contributed by atoms with E-state index in [1.807, 2.05) is 71.9 Å². The van der Waals surface area contributed by atoms with Crippen LogP contribution in [-0.2, 0) is 29.5 Å². The zero-order valence-electron chi connectivity index (χ0n) is 22.7. The molecule has 2 heterocycles. The number of aliphatic carboxylic acids is 1. The number of carbonyl (C=O) groups is 1. The molecule has 3 aromatic carbocycles. The van der Waals surface area contributed by atoms with E-state index in [9.17, 15) is 23.1 Å². The van der Waals surface area contributed by atoms with Gasteiger partial charge in [0.1, 0.15) is 5.76 Å². The lowest BCUT2D eigenvalue weighted by Gasteiger charge is -2.21. The molecule has 2 aromatic heterocycles. The van der Waals surface area contributed by atoms with E-state index in [1.54, 1.807) is 25.2 Å². The van der Waals surface area contributed by atoms with Crippen molar-refractivity contribution in [3.8, 4) is 11.1 Å². The number of fused-ring (bicyclic) bond motifs is 1. The maximum Gasteiger partial charge on any atom is 0.449 e. The van der Waals surface area contributed by atoms with Crippen LogP contribution in [0.3, 0.4) is 0 Å². The Hall–Kier alpha value is -3.53. The van der Waals surface area contributed by atoms with E-state index in [-0.39, 0.29) is 12.3 Å². The highest BCUT2D eigenvalue weighted by Gasteiger charge is 2.35. The van der Waals surface area contributed by atoms with Gasteiger partial charge in [0.25, 0.3) is 0 Å². The smallest absolute Gasteiger partial charge is 0.449 e. The van der Waals surface area contributed by atoms with E-state index < -0.39 is 23.3 Å². The summed E-state index contributed by atoms with van der Waals surface area (Å²) in [5, 5.41) is 10.7. The first-order valence-electron chi connectivity index (χ1n) is 12.9. The van der Waals surface area contributed by atoms with Gasteiger partial charge in [-0.25, -0.2) is 4.31 Å². The SMILES string of the molecule is Cc1sc2ccccc2c1SN(Cc1ccc(-c2cccc(C(C)(C)C(=O)O)c2)cc1)Cc1ccc(C(F)(F)F)o1. The van der Waals surface area contributed by atoms with Crippen molar-refractivity contribution in [2.45, 2.75) is 50.3 Å². The summed E-state index contributed by atoms with van der Waals surface area (Å²) >= 11 is 3.20. The van der Waals surface area contributed by atoms with Crippen molar-refractivity contribution in [3.63, 3.8) is 0 Å². The number of hydrogen-bond donors (Lipinski definition) is 1. The molecule has 41 heavy (non-hydrogen) atoms. The Balaban J connectivity index is 1.41. The Kier molecular flexibility index (Phi) is 8.05. The molecule has 0 aliphatic rings. The topological polar surface area (TPSA) is 53.7 Å². The molecular weight excluding hydrogens is 567 g/mol. The Morgan fingerprint density at radius 3 is 2.34 bits per heavy atom. The lowest BCUT2D eigenvalue weighted by atomic mass is 9.83. The van der Waals surface area contributed by atoms with E-state index in [4.69, 9.17) is 4.42 Å². The molecule has 5 aromatic rings. The molecule has 0 saturated heterocycles. The summed E-state index contributed by atoms with van der Waals surface area (Å²) in [6, 6.07) is 25.9. The molecule has 1 N–H and O–H groups in total. The Bertz CT molecular complexity index is 1690. The summed E-state index contributed by atoms with van der Waals surface area (Å²) in [6.45, 7) is 6.05. The number of benzene rings is 3. The van der Waals surface area contributed by atoms with E-state index >= 15 is 0 Å². The predicted octanol–water partition coefficient (Wildman–Crippen LogP) is 9.56. The van der Waals surface area contributed by atoms with Crippen molar-refractivity contribution in [2.24, 2.45) is 0 Å². The van der Waals surface area contributed by atoms with Crippen LogP contribution in [0.2, 0.25) is 0 Å². The molecular formula is C32H28F3NO3S2. The number of thiophene rings is 1. The lowest BCUT2D eigenvalue weighted by Crippen LogP contribution is -2.28. The summed E-state index contributed by atoms with van der Waals surface area (Å²) in [6.07, 6.45) is -4.54. The van der Waals surface area contributed by atoms with E-state index in [0.29, 0.717) is 12.1 Å². The fraction of sp³-hybridized carbons (Fsp3) is 0.219. The zero-order valence-corrected chi connectivity index (χ0v) is 24.3. The Labute approximate surface area is 244 Å². The highest BCUT2D eigenvalue weighted by atomic mass is 32.2. The third-order valence-corrected chi connectivity index (χ3v) is 9.41. The van der Waals surface area contributed by atoms with Crippen LogP contribution in [-0.4, -0.2) is 15.4 Å². The molecule has 212 valence electrons. The van der Waals surface area contributed by atoms with Gasteiger partial charge in [-0.1, -0.05) is 66.7 Å². The van der Waals surface area contributed by atoms with Crippen molar-refractivity contribution in [2.75, 3.05) is 0 Å². The molecule has 0 bridgehead atoms. The molecule has 0 unspecified atom stereocenters. The number of alkyl halides is 3. The molecule has 0 aliphatic heterocycles. The van der Waals surface area contributed by atoms with E-state index in [0.717, 1.165) is 42.6 Å². The highest BCUT2D eigenvalue weighted by Crippen LogP contribution is 2.41. The van der Waals surface area contributed by atoms with Crippen LogP contribution in [0.1, 0.15) is 41.4 Å². The van der Waals surface area contributed by atoms with Gasteiger partial charge in [-0.05, 0) is 73.2 Å². The Morgan fingerprint density at radius 1 is 0.927 bits per heavy atom. The van der Waals surface area contributed by atoms with Crippen molar-refractivity contribution in [1.82, 2.24) is 4.31 Å². The molecule has 0 spiro atoms. The normalized spacial score (nSPS) is 12.4. The fourth-order valence-corrected chi connectivity index (χ4v) is 6.84. The maximum atomic E-state index is 13.2. The summed E-state index contributed by atoms with van der Waals surface area (Å²) < 4.78 is 47.9. The number of aryl methyl sites for hydroxylation is 1. The van der Waals surface area contributed by atoms with Gasteiger partial charge >= 0.3 is 12.1 Å². The number of carboxylic acids is 1. The maximum absolute atomic E-state index is 13.2. The molecule has 0 aliphatic carbocycles. The van der Waals surface area contributed by atoms with Crippen LogP contribution in [0.4, 0.5) is 13.2 Å². The average molecular weight is 596 g/mol. The number of halogens is 3. The lowest BCUT2D eigenvalue weighted by molar-refractivity contribution is -0.153. The zero-order chi connectivity index (χ0) is 29.4. The van der Waals surface area contributed by atoms with Crippen molar-refractivity contribution < 1.29 is 27.5 Å². The van der Waals surface area contributed by atoms with Gasteiger partial charge in [0.15, 0.2) is 0 Å².